The first-order valence-corrected chi connectivity index (χ1v) is 7.86. The van der Waals surface area contributed by atoms with E-state index in [2.05, 4.69) is 10.3 Å². The highest BCUT2D eigenvalue weighted by atomic mass is 32.1. The highest BCUT2D eigenvalue weighted by molar-refractivity contribution is 7.16. The molecule has 2 rings (SSSR count). The van der Waals surface area contributed by atoms with Crippen LogP contribution in [0.4, 0.5) is 5.13 Å². The van der Waals surface area contributed by atoms with Crippen molar-refractivity contribution in [2.24, 2.45) is 0 Å². The molecule has 0 radical (unpaired) electrons. The summed E-state index contributed by atoms with van der Waals surface area (Å²) in [5.41, 5.74) is 2.71. The Labute approximate surface area is 138 Å². The van der Waals surface area contributed by atoms with Crippen molar-refractivity contribution in [3.05, 3.63) is 28.6 Å². The lowest BCUT2D eigenvalue weighted by atomic mass is 10.1. The van der Waals surface area contributed by atoms with Gasteiger partial charge in [-0.1, -0.05) is 11.6 Å². The van der Waals surface area contributed by atoms with Gasteiger partial charge in [0.2, 0.25) is 5.91 Å². The Kier molecular flexibility index (Phi) is 5.33. The van der Waals surface area contributed by atoms with Gasteiger partial charge in [-0.05, 0) is 26.0 Å². The van der Waals surface area contributed by atoms with Gasteiger partial charge in [0.25, 0.3) is 0 Å². The lowest BCUT2D eigenvalue weighted by molar-refractivity contribution is -0.138. The molecule has 2 N–H and O–H groups in total. The Morgan fingerprint density at radius 3 is 2.70 bits per heavy atom. The molecule has 0 aliphatic rings. The number of aryl methyl sites for hydroxylation is 2. The third-order valence-corrected chi connectivity index (χ3v) is 4.11. The number of ether oxygens (including phenoxy) is 1. The zero-order chi connectivity index (χ0) is 17.0. The molecule has 2 aromatic rings. The number of carboxylic acid groups (broad SMARTS) is 1. The van der Waals surface area contributed by atoms with Crippen LogP contribution in [0.25, 0.3) is 11.3 Å². The molecular weight excluding hydrogens is 316 g/mol. The summed E-state index contributed by atoms with van der Waals surface area (Å²) in [5.74, 6) is -0.641. The molecule has 0 aliphatic carbocycles. The molecule has 0 spiro atoms. The molecule has 7 heteroatoms. The van der Waals surface area contributed by atoms with Gasteiger partial charge in [0, 0.05) is 16.9 Å². The van der Waals surface area contributed by atoms with Crippen LogP contribution >= 0.6 is 11.3 Å². The summed E-state index contributed by atoms with van der Waals surface area (Å²) < 4.78 is 5.38. The molecule has 1 amide bonds. The van der Waals surface area contributed by atoms with Crippen LogP contribution < -0.4 is 10.1 Å². The third kappa shape index (κ3) is 4.29. The van der Waals surface area contributed by atoms with Gasteiger partial charge in [-0.2, -0.15) is 0 Å². The van der Waals surface area contributed by atoms with E-state index in [9.17, 15) is 9.59 Å². The van der Waals surface area contributed by atoms with Gasteiger partial charge in [-0.25, -0.2) is 4.98 Å². The van der Waals surface area contributed by atoms with Crippen LogP contribution in [-0.4, -0.2) is 29.1 Å². The molecule has 1 heterocycles. The van der Waals surface area contributed by atoms with Gasteiger partial charge in [-0.15, -0.1) is 11.3 Å². The minimum Gasteiger partial charge on any atom is -0.496 e. The summed E-state index contributed by atoms with van der Waals surface area (Å²) in [6.07, 6.45) is -0.272. The Morgan fingerprint density at radius 1 is 1.30 bits per heavy atom. The molecule has 0 unspecified atom stereocenters. The largest absolute Gasteiger partial charge is 0.496 e. The van der Waals surface area contributed by atoms with E-state index in [1.165, 1.54) is 11.3 Å². The second-order valence-electron chi connectivity index (χ2n) is 5.07. The number of hydrogen-bond acceptors (Lipinski definition) is 5. The first-order valence-electron chi connectivity index (χ1n) is 7.04. The van der Waals surface area contributed by atoms with Crippen molar-refractivity contribution in [1.29, 1.82) is 0 Å². The molecule has 0 saturated heterocycles. The number of anilines is 1. The van der Waals surface area contributed by atoms with E-state index in [1.807, 2.05) is 32.0 Å². The Bertz CT molecular complexity index is 740. The first kappa shape index (κ1) is 17.0. The standard InChI is InChI=1S/C16H18N2O4S/c1-9-4-5-12(22-3)11(8-9)15-10(2)23-16(18-15)17-13(19)6-7-14(20)21/h4-5,8H,6-7H2,1-3H3,(H,20,21)(H,17,18,19). The van der Waals surface area contributed by atoms with E-state index in [1.54, 1.807) is 7.11 Å². The minimum atomic E-state index is -0.999. The van der Waals surface area contributed by atoms with Crippen molar-refractivity contribution >= 4 is 28.3 Å². The molecule has 23 heavy (non-hydrogen) atoms. The van der Waals surface area contributed by atoms with Crippen molar-refractivity contribution in [1.82, 2.24) is 4.98 Å². The highest BCUT2D eigenvalue weighted by Crippen LogP contribution is 2.36. The lowest BCUT2D eigenvalue weighted by Gasteiger charge is -2.08. The number of methoxy groups -OCH3 is 1. The van der Waals surface area contributed by atoms with Crippen molar-refractivity contribution in [3.8, 4) is 17.0 Å². The summed E-state index contributed by atoms with van der Waals surface area (Å²) in [6, 6.07) is 5.82. The zero-order valence-corrected chi connectivity index (χ0v) is 14.0. The number of carbonyl (C=O) groups is 2. The fraction of sp³-hybridized carbons (Fsp3) is 0.312. The van der Waals surface area contributed by atoms with Crippen LogP contribution in [0, 0.1) is 13.8 Å². The van der Waals surface area contributed by atoms with Gasteiger partial charge in [0.15, 0.2) is 5.13 Å². The second-order valence-corrected chi connectivity index (χ2v) is 6.27. The number of nitrogens with one attached hydrogen (secondary N) is 1. The minimum absolute atomic E-state index is 0.0724. The average Bonchev–Trinajstić information content (AvgIpc) is 2.85. The van der Waals surface area contributed by atoms with Crippen LogP contribution in [0.3, 0.4) is 0 Å². The predicted octanol–water partition coefficient (Wildman–Crippen LogP) is 3.24. The summed E-state index contributed by atoms with van der Waals surface area (Å²) in [4.78, 5) is 27.6. The number of hydrogen-bond donors (Lipinski definition) is 2. The lowest BCUT2D eigenvalue weighted by Crippen LogP contribution is -2.12. The van der Waals surface area contributed by atoms with Crippen LogP contribution in [0.5, 0.6) is 5.75 Å². The van der Waals surface area contributed by atoms with Crippen LogP contribution in [0.2, 0.25) is 0 Å². The van der Waals surface area contributed by atoms with E-state index >= 15 is 0 Å². The fourth-order valence-electron chi connectivity index (χ4n) is 2.11. The molecule has 122 valence electrons. The molecule has 0 atom stereocenters. The maximum absolute atomic E-state index is 11.7. The number of aromatic nitrogens is 1. The van der Waals surface area contributed by atoms with Gasteiger partial charge in [-0.3, -0.25) is 9.59 Å². The van der Waals surface area contributed by atoms with E-state index < -0.39 is 5.97 Å². The number of aliphatic carboxylic acids is 1. The monoisotopic (exact) mass is 334 g/mol. The van der Waals surface area contributed by atoms with Gasteiger partial charge < -0.3 is 15.2 Å². The van der Waals surface area contributed by atoms with E-state index in [-0.39, 0.29) is 18.7 Å². The number of benzene rings is 1. The molecule has 1 aromatic carbocycles. The number of carbonyl (C=O) groups excluding carboxylic acids is 1. The quantitative estimate of drug-likeness (QED) is 0.846. The smallest absolute Gasteiger partial charge is 0.303 e. The van der Waals surface area contributed by atoms with Gasteiger partial charge >= 0.3 is 5.97 Å². The number of thiazole rings is 1. The Hall–Kier alpha value is -2.41. The number of carboxylic acids is 1. The van der Waals surface area contributed by atoms with E-state index in [0.29, 0.717) is 10.9 Å². The third-order valence-electron chi connectivity index (χ3n) is 3.22. The van der Waals surface area contributed by atoms with Crippen LogP contribution in [-0.2, 0) is 9.59 Å². The molecule has 0 fully saturated rings. The summed E-state index contributed by atoms with van der Waals surface area (Å²) in [7, 11) is 1.60. The number of rotatable bonds is 6. The second kappa shape index (κ2) is 7.23. The Morgan fingerprint density at radius 2 is 2.04 bits per heavy atom. The van der Waals surface area contributed by atoms with Crippen LogP contribution in [0.15, 0.2) is 18.2 Å². The zero-order valence-electron chi connectivity index (χ0n) is 13.2. The van der Waals surface area contributed by atoms with E-state index in [0.717, 1.165) is 21.7 Å². The molecule has 0 saturated carbocycles. The van der Waals surface area contributed by atoms with Gasteiger partial charge in [0.05, 0.1) is 19.2 Å². The van der Waals surface area contributed by atoms with Gasteiger partial charge in [0.1, 0.15) is 5.75 Å². The molecule has 6 nitrogen and oxygen atoms in total. The molecule has 0 bridgehead atoms. The van der Waals surface area contributed by atoms with Crippen molar-refractivity contribution < 1.29 is 19.4 Å². The molecule has 0 aliphatic heterocycles. The van der Waals surface area contributed by atoms with Crippen molar-refractivity contribution in [3.63, 3.8) is 0 Å². The topological polar surface area (TPSA) is 88.5 Å². The number of nitrogens with zero attached hydrogens (tertiary/aromatic N) is 1. The predicted molar refractivity (Wildman–Crippen MR) is 89.1 cm³/mol. The molecular formula is C16H18N2O4S. The summed E-state index contributed by atoms with van der Waals surface area (Å²) in [5, 5.41) is 11.7. The van der Waals surface area contributed by atoms with Crippen molar-refractivity contribution in [2.45, 2.75) is 26.7 Å². The number of amides is 1. The summed E-state index contributed by atoms with van der Waals surface area (Å²) >= 11 is 1.35. The summed E-state index contributed by atoms with van der Waals surface area (Å²) in [6.45, 7) is 3.90. The highest BCUT2D eigenvalue weighted by Gasteiger charge is 2.16. The Balaban J connectivity index is 2.23. The van der Waals surface area contributed by atoms with Crippen molar-refractivity contribution in [2.75, 3.05) is 12.4 Å². The molecule has 1 aromatic heterocycles. The normalized spacial score (nSPS) is 10.4. The SMILES string of the molecule is COc1ccc(C)cc1-c1nc(NC(=O)CCC(=O)O)sc1C. The first-order chi connectivity index (χ1) is 10.9. The average molecular weight is 334 g/mol. The van der Waals surface area contributed by atoms with Crippen LogP contribution in [0.1, 0.15) is 23.3 Å². The fourth-order valence-corrected chi connectivity index (χ4v) is 2.95. The maximum Gasteiger partial charge on any atom is 0.303 e. The van der Waals surface area contributed by atoms with E-state index in [4.69, 9.17) is 9.84 Å². The maximum atomic E-state index is 11.7.